The van der Waals surface area contributed by atoms with Crippen molar-refractivity contribution in [2.75, 3.05) is 13.4 Å². The standard InChI is InChI=1S/C14H25OSSi/c1-12(17(4,5)6)16(3)11-13-7-9-14(15-2)10-8-13/h7-10,12H,11H2,1-6H3/q+1. The van der Waals surface area contributed by atoms with Crippen LogP contribution in [0.1, 0.15) is 12.5 Å². The molecule has 0 aliphatic carbocycles. The van der Waals surface area contributed by atoms with Crippen molar-refractivity contribution in [2.24, 2.45) is 0 Å². The van der Waals surface area contributed by atoms with Crippen LogP contribution in [0, 0.1) is 0 Å². The topological polar surface area (TPSA) is 9.23 Å². The smallest absolute Gasteiger partial charge is 0.132 e. The summed E-state index contributed by atoms with van der Waals surface area (Å²) >= 11 is 0. The predicted molar refractivity (Wildman–Crippen MR) is 82.8 cm³/mol. The molecule has 0 spiro atoms. The lowest BCUT2D eigenvalue weighted by molar-refractivity contribution is 0.414. The lowest BCUT2D eigenvalue weighted by atomic mass is 10.2. The van der Waals surface area contributed by atoms with Crippen molar-refractivity contribution in [3.8, 4) is 5.75 Å². The maximum Gasteiger partial charge on any atom is 0.132 e. The molecule has 1 nitrogen and oxygen atoms in total. The van der Waals surface area contributed by atoms with Gasteiger partial charge in [0.25, 0.3) is 0 Å². The third-order valence-corrected chi connectivity index (χ3v) is 11.1. The molecule has 0 N–H and O–H groups in total. The molecule has 1 aromatic rings. The quantitative estimate of drug-likeness (QED) is 0.585. The summed E-state index contributed by atoms with van der Waals surface area (Å²) in [6.07, 6.45) is 2.41. The van der Waals surface area contributed by atoms with E-state index in [1.54, 1.807) is 7.11 Å². The van der Waals surface area contributed by atoms with Crippen molar-refractivity contribution in [3.63, 3.8) is 0 Å². The number of hydrogen-bond acceptors (Lipinski definition) is 1. The maximum atomic E-state index is 5.18. The summed E-state index contributed by atoms with van der Waals surface area (Å²) in [5.41, 5.74) is 1.43. The molecular weight excluding hydrogens is 244 g/mol. The lowest BCUT2D eigenvalue weighted by Gasteiger charge is -2.23. The number of methoxy groups -OCH3 is 1. The Bertz CT molecular complexity index is 342. The first kappa shape index (κ1) is 14.6. The summed E-state index contributed by atoms with van der Waals surface area (Å²) in [6, 6.07) is 8.51. The minimum absolute atomic E-state index is 0.477. The van der Waals surface area contributed by atoms with Gasteiger partial charge < -0.3 is 4.74 Å². The van der Waals surface area contributed by atoms with Crippen molar-refractivity contribution in [3.05, 3.63) is 29.8 Å². The van der Waals surface area contributed by atoms with Gasteiger partial charge in [0.15, 0.2) is 0 Å². The van der Waals surface area contributed by atoms with E-state index in [9.17, 15) is 0 Å². The van der Waals surface area contributed by atoms with Gasteiger partial charge in [0.1, 0.15) is 24.4 Å². The van der Waals surface area contributed by atoms with Gasteiger partial charge in [-0.1, -0.05) is 31.8 Å². The van der Waals surface area contributed by atoms with Gasteiger partial charge in [-0.25, -0.2) is 0 Å². The van der Waals surface area contributed by atoms with Crippen molar-refractivity contribution < 1.29 is 4.74 Å². The van der Waals surface area contributed by atoms with E-state index in [1.165, 1.54) is 11.3 Å². The molecule has 2 atom stereocenters. The van der Waals surface area contributed by atoms with Crippen LogP contribution in [0.15, 0.2) is 24.3 Å². The second kappa shape index (κ2) is 5.96. The van der Waals surface area contributed by atoms with Crippen molar-refractivity contribution in [2.45, 2.75) is 37.2 Å². The summed E-state index contributed by atoms with van der Waals surface area (Å²) < 4.78 is 5.18. The van der Waals surface area contributed by atoms with Gasteiger partial charge in [0.2, 0.25) is 0 Å². The summed E-state index contributed by atoms with van der Waals surface area (Å²) in [5, 5.41) is 0. The molecule has 0 saturated heterocycles. The highest BCUT2D eigenvalue weighted by Gasteiger charge is 2.34. The molecule has 0 aliphatic heterocycles. The highest BCUT2D eigenvalue weighted by atomic mass is 32.2. The molecular formula is C14H25OSSi+. The molecule has 0 aliphatic rings. The van der Waals surface area contributed by atoms with Crippen LogP contribution in [0.2, 0.25) is 19.6 Å². The van der Waals surface area contributed by atoms with Crippen LogP contribution in [0.4, 0.5) is 0 Å². The fourth-order valence-corrected chi connectivity index (χ4v) is 7.76. The summed E-state index contributed by atoms with van der Waals surface area (Å²) in [7, 11) is 1.18. The van der Waals surface area contributed by atoms with Crippen molar-refractivity contribution in [1.82, 2.24) is 0 Å². The van der Waals surface area contributed by atoms with E-state index in [4.69, 9.17) is 4.74 Å². The van der Waals surface area contributed by atoms with Gasteiger partial charge >= 0.3 is 0 Å². The summed E-state index contributed by atoms with van der Waals surface area (Å²) in [4.78, 5) is 0.879. The number of ether oxygens (including phenoxy) is 1. The van der Waals surface area contributed by atoms with Gasteiger partial charge in [-0.2, -0.15) is 0 Å². The van der Waals surface area contributed by atoms with E-state index in [0.717, 1.165) is 10.6 Å². The zero-order valence-corrected chi connectivity index (χ0v) is 13.7. The first-order valence-electron chi connectivity index (χ1n) is 6.09. The lowest BCUT2D eigenvalue weighted by Crippen LogP contribution is -2.41. The van der Waals surface area contributed by atoms with Crippen LogP contribution in [0.25, 0.3) is 0 Å². The maximum absolute atomic E-state index is 5.18. The minimum Gasteiger partial charge on any atom is -0.497 e. The number of hydrogen-bond donors (Lipinski definition) is 0. The molecule has 0 radical (unpaired) electrons. The van der Waals surface area contributed by atoms with Gasteiger partial charge in [-0.3, -0.25) is 0 Å². The molecule has 0 aromatic heterocycles. The minimum atomic E-state index is -1.01. The third kappa shape index (κ3) is 4.40. The Labute approximate surface area is 110 Å². The molecule has 0 bridgehead atoms. The molecule has 0 amide bonds. The summed E-state index contributed by atoms with van der Waals surface area (Å²) in [6.45, 7) is 9.83. The molecule has 3 heteroatoms. The third-order valence-electron chi connectivity index (χ3n) is 3.38. The highest BCUT2D eigenvalue weighted by Crippen LogP contribution is 2.21. The predicted octanol–water partition coefficient (Wildman–Crippen LogP) is 3.71. The molecule has 96 valence electrons. The Kier molecular flexibility index (Phi) is 5.14. The van der Waals surface area contributed by atoms with Gasteiger partial charge in [-0.15, -0.1) is 0 Å². The van der Waals surface area contributed by atoms with Crippen LogP contribution in [0.3, 0.4) is 0 Å². The first-order valence-corrected chi connectivity index (χ1v) is 11.5. The van der Waals surface area contributed by atoms with Gasteiger partial charge in [-0.05, 0) is 30.0 Å². The highest BCUT2D eigenvalue weighted by molar-refractivity contribution is 7.97. The normalized spacial score (nSPS) is 15.4. The van der Waals surface area contributed by atoms with E-state index in [0.29, 0.717) is 10.9 Å². The van der Waals surface area contributed by atoms with Crippen molar-refractivity contribution >= 4 is 19.0 Å². The Balaban J connectivity index is 2.64. The van der Waals surface area contributed by atoms with Crippen LogP contribution >= 0.6 is 0 Å². The average molecular weight is 270 g/mol. The van der Waals surface area contributed by atoms with Crippen LogP contribution in [-0.4, -0.2) is 26.3 Å². The second-order valence-electron chi connectivity index (χ2n) is 5.69. The molecule has 2 unspecified atom stereocenters. The molecule has 17 heavy (non-hydrogen) atoms. The van der Waals surface area contributed by atoms with Crippen molar-refractivity contribution in [1.29, 1.82) is 0 Å². The molecule has 1 aromatic carbocycles. The largest absolute Gasteiger partial charge is 0.497 e. The summed E-state index contributed by atoms with van der Waals surface area (Å²) in [5.74, 6) is 2.15. The van der Waals surface area contributed by atoms with E-state index in [2.05, 4.69) is 57.1 Å². The fraction of sp³-hybridized carbons (Fsp3) is 0.571. The molecule has 0 saturated carbocycles. The van der Waals surface area contributed by atoms with E-state index in [-0.39, 0.29) is 0 Å². The Morgan fingerprint density at radius 2 is 1.71 bits per heavy atom. The van der Waals surface area contributed by atoms with E-state index in [1.807, 2.05) is 0 Å². The monoisotopic (exact) mass is 269 g/mol. The van der Waals surface area contributed by atoms with Gasteiger partial charge in [0, 0.05) is 5.56 Å². The zero-order chi connectivity index (χ0) is 13.1. The second-order valence-corrected chi connectivity index (χ2v) is 14.1. The zero-order valence-electron chi connectivity index (χ0n) is 11.9. The van der Waals surface area contributed by atoms with E-state index < -0.39 is 8.07 Å². The molecule has 1 rings (SSSR count). The van der Waals surface area contributed by atoms with Gasteiger partial charge in [0.05, 0.1) is 13.4 Å². The molecule has 0 fully saturated rings. The van der Waals surface area contributed by atoms with E-state index >= 15 is 0 Å². The SMILES string of the molecule is COc1ccc(C[S+](C)C(C)[Si](C)(C)C)cc1. The Morgan fingerprint density at radius 3 is 2.12 bits per heavy atom. The Hall–Kier alpha value is -0.413. The Morgan fingerprint density at radius 1 is 1.18 bits per heavy atom. The van der Waals surface area contributed by atoms with Crippen LogP contribution in [-0.2, 0) is 16.6 Å². The fourth-order valence-electron chi connectivity index (χ4n) is 1.71. The molecule has 0 heterocycles. The van der Waals surface area contributed by atoms with Crippen LogP contribution < -0.4 is 4.74 Å². The van der Waals surface area contributed by atoms with Crippen LogP contribution in [0.5, 0.6) is 5.75 Å². The number of rotatable bonds is 5. The average Bonchev–Trinajstić information content (AvgIpc) is 2.27. The number of benzene rings is 1. The first-order chi connectivity index (χ1) is 7.84.